The van der Waals surface area contributed by atoms with Gasteiger partial charge in [-0.15, -0.1) is 0 Å². The van der Waals surface area contributed by atoms with Crippen LogP contribution in [-0.4, -0.2) is 37.1 Å². The maximum absolute atomic E-state index is 12.6. The van der Waals surface area contributed by atoms with E-state index < -0.39 is 0 Å². The van der Waals surface area contributed by atoms with Gasteiger partial charge in [0.2, 0.25) is 0 Å². The molecular formula is C20H25N3O2. The molecule has 2 aromatic rings. The normalized spacial score (nSPS) is 28.6. The number of nitrogens with zero attached hydrogens (tertiary/aromatic N) is 1. The number of hydrogen-bond donors (Lipinski definition) is 2. The van der Waals surface area contributed by atoms with Crippen LogP contribution in [-0.2, 0) is 0 Å². The number of nitrogens with one attached hydrogen (secondary N) is 2. The van der Waals surface area contributed by atoms with E-state index in [2.05, 4.69) is 21.6 Å². The second-order valence-corrected chi connectivity index (χ2v) is 7.75. The van der Waals surface area contributed by atoms with Crippen LogP contribution in [0.4, 0.5) is 5.88 Å². The van der Waals surface area contributed by atoms with Gasteiger partial charge in [0.05, 0.1) is 0 Å². The lowest BCUT2D eigenvalue weighted by Crippen LogP contribution is -2.42. The number of benzene rings is 1. The molecular weight excluding hydrogens is 314 g/mol. The minimum atomic E-state index is 0.0113. The van der Waals surface area contributed by atoms with Crippen LogP contribution in [0.5, 0.6) is 0 Å². The molecule has 3 saturated heterocycles. The monoisotopic (exact) mass is 339 g/mol. The molecule has 2 bridgehead atoms. The van der Waals surface area contributed by atoms with Crippen molar-refractivity contribution < 1.29 is 9.21 Å². The van der Waals surface area contributed by atoms with Crippen molar-refractivity contribution in [1.29, 1.82) is 0 Å². The Kier molecular flexibility index (Phi) is 3.70. The quantitative estimate of drug-likeness (QED) is 0.902. The van der Waals surface area contributed by atoms with Crippen LogP contribution in [0.25, 0.3) is 11.0 Å². The molecule has 5 rings (SSSR count). The number of hydrogen-bond acceptors (Lipinski definition) is 4. The van der Waals surface area contributed by atoms with Gasteiger partial charge in [0.1, 0.15) is 5.58 Å². The number of anilines is 1. The Morgan fingerprint density at radius 3 is 2.80 bits per heavy atom. The maximum atomic E-state index is 12.6. The lowest BCUT2D eigenvalue weighted by Gasteiger charge is -2.25. The Balaban J connectivity index is 1.34. The van der Waals surface area contributed by atoms with E-state index in [1.54, 1.807) is 0 Å². The van der Waals surface area contributed by atoms with Gasteiger partial charge in [-0.05, 0) is 50.7 Å². The molecule has 0 radical (unpaired) electrons. The van der Waals surface area contributed by atoms with E-state index in [1.807, 2.05) is 18.2 Å². The molecule has 0 spiro atoms. The number of amides is 1. The molecule has 25 heavy (non-hydrogen) atoms. The number of carbonyl (C=O) groups is 1. The molecule has 3 aliphatic heterocycles. The van der Waals surface area contributed by atoms with Gasteiger partial charge in [-0.1, -0.05) is 6.07 Å². The summed E-state index contributed by atoms with van der Waals surface area (Å²) in [4.78, 5) is 14.9. The first-order valence-electron chi connectivity index (χ1n) is 9.62. The lowest BCUT2D eigenvalue weighted by molar-refractivity contribution is 0.0931. The SMILES string of the molecule is O=C(N[C@@H]1C[C@H]2CC[C@@H]1N2)c1ccc2cc(N3CCCCC3)oc2c1. The number of piperidine rings is 1. The predicted molar refractivity (Wildman–Crippen MR) is 98.1 cm³/mol. The maximum Gasteiger partial charge on any atom is 0.251 e. The molecule has 3 aliphatic rings. The fourth-order valence-corrected chi connectivity index (χ4v) is 4.66. The minimum absolute atomic E-state index is 0.0113. The van der Waals surface area contributed by atoms with Crippen LogP contribution < -0.4 is 15.5 Å². The first-order chi connectivity index (χ1) is 12.3. The van der Waals surface area contributed by atoms with Gasteiger partial charge in [0.15, 0.2) is 5.88 Å². The average molecular weight is 339 g/mol. The third kappa shape index (κ3) is 2.80. The van der Waals surface area contributed by atoms with Gasteiger partial charge >= 0.3 is 0 Å². The van der Waals surface area contributed by atoms with Crippen LogP contribution in [0.15, 0.2) is 28.7 Å². The third-order valence-electron chi connectivity index (χ3n) is 6.05. The van der Waals surface area contributed by atoms with E-state index >= 15 is 0 Å². The lowest BCUT2D eigenvalue weighted by atomic mass is 9.95. The molecule has 0 unspecified atom stereocenters. The van der Waals surface area contributed by atoms with Crippen molar-refractivity contribution in [2.75, 3.05) is 18.0 Å². The molecule has 2 N–H and O–H groups in total. The highest BCUT2D eigenvalue weighted by Gasteiger charge is 2.39. The van der Waals surface area contributed by atoms with Crippen LogP contribution in [0.1, 0.15) is 48.9 Å². The first kappa shape index (κ1) is 15.3. The van der Waals surface area contributed by atoms with Crippen molar-refractivity contribution in [3.05, 3.63) is 29.8 Å². The summed E-state index contributed by atoms with van der Waals surface area (Å²) in [7, 11) is 0. The van der Waals surface area contributed by atoms with Gasteiger partial charge in [0, 0.05) is 48.2 Å². The van der Waals surface area contributed by atoms with Crippen LogP contribution in [0.3, 0.4) is 0 Å². The zero-order valence-electron chi connectivity index (χ0n) is 14.5. The second kappa shape index (κ2) is 6.06. The molecule has 132 valence electrons. The van der Waals surface area contributed by atoms with E-state index in [4.69, 9.17) is 4.42 Å². The third-order valence-corrected chi connectivity index (χ3v) is 6.05. The molecule has 0 aliphatic carbocycles. The molecule has 5 nitrogen and oxygen atoms in total. The van der Waals surface area contributed by atoms with Crippen LogP contribution in [0.2, 0.25) is 0 Å². The van der Waals surface area contributed by atoms with Gasteiger partial charge < -0.3 is 20.0 Å². The largest absolute Gasteiger partial charge is 0.441 e. The van der Waals surface area contributed by atoms with Crippen molar-refractivity contribution in [3.63, 3.8) is 0 Å². The summed E-state index contributed by atoms with van der Waals surface area (Å²) in [6.07, 6.45) is 7.22. The zero-order valence-corrected chi connectivity index (χ0v) is 14.5. The van der Waals surface area contributed by atoms with Gasteiger partial charge in [-0.25, -0.2) is 0 Å². The van der Waals surface area contributed by atoms with Crippen molar-refractivity contribution in [2.45, 2.75) is 56.7 Å². The Bertz CT molecular complexity index is 793. The molecule has 1 aromatic heterocycles. The van der Waals surface area contributed by atoms with E-state index in [9.17, 15) is 4.79 Å². The Hall–Kier alpha value is -2.01. The van der Waals surface area contributed by atoms with E-state index in [1.165, 1.54) is 32.1 Å². The number of fused-ring (bicyclic) bond motifs is 3. The van der Waals surface area contributed by atoms with Crippen LogP contribution >= 0.6 is 0 Å². The molecule has 4 heterocycles. The molecule has 3 fully saturated rings. The Morgan fingerprint density at radius 2 is 2.04 bits per heavy atom. The van der Waals surface area contributed by atoms with Gasteiger partial charge in [0.25, 0.3) is 5.91 Å². The van der Waals surface area contributed by atoms with Crippen LogP contribution in [0, 0.1) is 0 Å². The van der Waals surface area contributed by atoms with Gasteiger partial charge in [-0.3, -0.25) is 4.79 Å². The van der Waals surface area contributed by atoms with E-state index in [0.29, 0.717) is 17.6 Å². The van der Waals surface area contributed by atoms with E-state index in [-0.39, 0.29) is 11.9 Å². The van der Waals surface area contributed by atoms with Crippen molar-refractivity contribution >= 4 is 22.8 Å². The standard InChI is InChI=1S/C20H25N3O2/c24-20(22-17-12-15-6-7-16(17)21-15)14-5-4-13-11-19(25-18(13)10-14)23-8-2-1-3-9-23/h4-5,10-11,15-17,21H,1-3,6-9,12H2,(H,22,24)/t15-,16+,17-/m1/s1. The smallest absolute Gasteiger partial charge is 0.251 e. The summed E-state index contributed by atoms with van der Waals surface area (Å²) in [5, 5.41) is 7.84. The molecule has 3 atom stereocenters. The second-order valence-electron chi connectivity index (χ2n) is 7.75. The fourth-order valence-electron chi connectivity index (χ4n) is 4.66. The summed E-state index contributed by atoms with van der Waals surface area (Å²) in [6, 6.07) is 9.21. The van der Waals surface area contributed by atoms with Crippen molar-refractivity contribution in [2.24, 2.45) is 0 Å². The first-order valence-corrected chi connectivity index (χ1v) is 9.62. The highest BCUT2D eigenvalue weighted by atomic mass is 16.4. The summed E-state index contributed by atoms with van der Waals surface area (Å²) in [6.45, 7) is 2.12. The van der Waals surface area contributed by atoms with Crippen molar-refractivity contribution in [1.82, 2.24) is 10.6 Å². The predicted octanol–water partition coefficient (Wildman–Crippen LogP) is 3.05. The number of furan rings is 1. The minimum Gasteiger partial charge on any atom is -0.441 e. The summed E-state index contributed by atoms with van der Waals surface area (Å²) in [5.41, 5.74) is 1.49. The topological polar surface area (TPSA) is 57.5 Å². The Labute approximate surface area is 147 Å². The summed E-state index contributed by atoms with van der Waals surface area (Å²) in [5.74, 6) is 0.946. The molecule has 1 amide bonds. The highest BCUT2D eigenvalue weighted by Crippen LogP contribution is 2.30. The number of carbonyl (C=O) groups excluding carboxylic acids is 1. The highest BCUT2D eigenvalue weighted by molar-refractivity contribution is 5.98. The molecule has 1 aromatic carbocycles. The fraction of sp³-hybridized carbons (Fsp3) is 0.550. The van der Waals surface area contributed by atoms with E-state index in [0.717, 1.165) is 36.4 Å². The molecule has 0 saturated carbocycles. The zero-order chi connectivity index (χ0) is 16.8. The van der Waals surface area contributed by atoms with Crippen molar-refractivity contribution in [3.8, 4) is 0 Å². The molecule has 5 heteroatoms. The summed E-state index contributed by atoms with van der Waals surface area (Å²) < 4.78 is 6.05. The summed E-state index contributed by atoms with van der Waals surface area (Å²) >= 11 is 0. The Morgan fingerprint density at radius 1 is 1.16 bits per heavy atom. The number of rotatable bonds is 3. The van der Waals surface area contributed by atoms with Gasteiger partial charge in [-0.2, -0.15) is 0 Å². The average Bonchev–Trinajstić information content (AvgIpc) is 3.36.